The van der Waals surface area contributed by atoms with Crippen LogP contribution >= 0.6 is 0 Å². The molecule has 0 spiro atoms. The molecular weight excluding hydrogens is 238 g/mol. The third-order valence-electron chi connectivity index (χ3n) is 4.02. The summed E-state index contributed by atoms with van der Waals surface area (Å²) >= 11 is 0. The average Bonchev–Trinajstić information content (AvgIpc) is 3.28. The highest BCUT2D eigenvalue weighted by Gasteiger charge is 2.25. The lowest BCUT2D eigenvalue weighted by Gasteiger charge is -2.22. The maximum atomic E-state index is 11.5. The Hall–Kier alpha value is -1.35. The second-order valence-corrected chi connectivity index (χ2v) is 5.40. The smallest absolute Gasteiger partial charge is 0.306 e. The van der Waals surface area contributed by atoms with Crippen LogP contribution < -0.4 is 5.73 Å². The van der Waals surface area contributed by atoms with E-state index in [2.05, 4.69) is 24.3 Å². The minimum Gasteiger partial charge on any atom is -0.469 e. The Morgan fingerprint density at radius 1 is 1.37 bits per heavy atom. The lowest BCUT2D eigenvalue weighted by atomic mass is 9.87. The number of ether oxygens (including phenoxy) is 1. The van der Waals surface area contributed by atoms with E-state index < -0.39 is 0 Å². The van der Waals surface area contributed by atoms with Gasteiger partial charge in [-0.2, -0.15) is 0 Å². The van der Waals surface area contributed by atoms with Gasteiger partial charge < -0.3 is 10.5 Å². The average molecular weight is 261 g/mol. The van der Waals surface area contributed by atoms with Crippen molar-refractivity contribution in [2.45, 2.75) is 50.5 Å². The molecule has 1 aliphatic rings. The number of hydrogen-bond donors (Lipinski definition) is 1. The number of hydrogen-bond acceptors (Lipinski definition) is 3. The third-order valence-corrected chi connectivity index (χ3v) is 4.02. The van der Waals surface area contributed by atoms with Crippen LogP contribution in [0.1, 0.15) is 55.6 Å². The predicted molar refractivity (Wildman–Crippen MR) is 76.1 cm³/mol. The number of carbonyl (C=O) groups is 1. The molecule has 0 amide bonds. The molecule has 1 saturated carbocycles. The van der Waals surface area contributed by atoms with Gasteiger partial charge in [0.1, 0.15) is 0 Å². The van der Waals surface area contributed by atoms with Crippen LogP contribution in [0.5, 0.6) is 0 Å². The third kappa shape index (κ3) is 3.57. The molecule has 3 heteroatoms. The molecule has 2 rings (SSSR count). The van der Waals surface area contributed by atoms with E-state index in [0.29, 0.717) is 6.42 Å². The second kappa shape index (κ2) is 6.20. The molecule has 0 heterocycles. The summed E-state index contributed by atoms with van der Waals surface area (Å²) in [6, 6.07) is 8.60. The van der Waals surface area contributed by atoms with Crippen LogP contribution in [0.25, 0.3) is 0 Å². The Labute approximate surface area is 115 Å². The molecule has 19 heavy (non-hydrogen) atoms. The summed E-state index contributed by atoms with van der Waals surface area (Å²) < 4.78 is 4.77. The van der Waals surface area contributed by atoms with Crippen molar-refractivity contribution >= 4 is 5.97 Å². The van der Waals surface area contributed by atoms with Crippen LogP contribution in [-0.4, -0.2) is 19.1 Å². The van der Waals surface area contributed by atoms with E-state index in [9.17, 15) is 4.79 Å². The normalized spacial score (nSPS) is 17.8. The fraction of sp³-hybridized carbons (Fsp3) is 0.562. The van der Waals surface area contributed by atoms with E-state index >= 15 is 0 Å². The van der Waals surface area contributed by atoms with Crippen molar-refractivity contribution in [3.63, 3.8) is 0 Å². The van der Waals surface area contributed by atoms with Crippen molar-refractivity contribution in [1.82, 2.24) is 0 Å². The van der Waals surface area contributed by atoms with E-state index in [1.165, 1.54) is 25.5 Å². The van der Waals surface area contributed by atoms with Crippen LogP contribution in [0.2, 0.25) is 0 Å². The maximum absolute atomic E-state index is 11.5. The zero-order valence-corrected chi connectivity index (χ0v) is 11.8. The summed E-state index contributed by atoms with van der Waals surface area (Å²) in [5.74, 6) is 0.610. The number of methoxy groups -OCH3 is 1. The Balaban J connectivity index is 2.13. The summed E-state index contributed by atoms with van der Waals surface area (Å²) in [5, 5.41) is 0. The van der Waals surface area contributed by atoms with Crippen LogP contribution in [-0.2, 0) is 9.53 Å². The lowest BCUT2D eigenvalue weighted by Crippen LogP contribution is -2.29. The maximum Gasteiger partial charge on any atom is 0.306 e. The van der Waals surface area contributed by atoms with E-state index in [4.69, 9.17) is 10.5 Å². The van der Waals surface area contributed by atoms with Crippen LogP contribution in [0.15, 0.2) is 24.3 Å². The highest BCUT2D eigenvalue weighted by Crippen LogP contribution is 2.40. The Bertz CT molecular complexity index is 423. The zero-order chi connectivity index (χ0) is 13.8. The summed E-state index contributed by atoms with van der Waals surface area (Å²) in [6.45, 7) is 2.05. The second-order valence-electron chi connectivity index (χ2n) is 5.40. The van der Waals surface area contributed by atoms with Crippen molar-refractivity contribution in [2.75, 3.05) is 7.11 Å². The quantitative estimate of drug-likeness (QED) is 0.801. The van der Waals surface area contributed by atoms with Crippen molar-refractivity contribution in [1.29, 1.82) is 0 Å². The molecule has 3 nitrogen and oxygen atoms in total. The summed E-state index contributed by atoms with van der Waals surface area (Å²) in [5.41, 5.74) is 8.71. The van der Waals surface area contributed by atoms with Gasteiger partial charge in [-0.3, -0.25) is 4.79 Å². The Morgan fingerprint density at radius 3 is 2.47 bits per heavy atom. The first-order valence-electron chi connectivity index (χ1n) is 7.08. The molecule has 104 valence electrons. The Morgan fingerprint density at radius 2 is 2.00 bits per heavy atom. The van der Waals surface area contributed by atoms with E-state index in [-0.39, 0.29) is 17.9 Å². The van der Waals surface area contributed by atoms with Gasteiger partial charge in [0.05, 0.1) is 13.5 Å². The summed E-state index contributed by atoms with van der Waals surface area (Å²) in [4.78, 5) is 11.5. The molecule has 2 unspecified atom stereocenters. The number of benzene rings is 1. The molecular formula is C16H23NO2. The van der Waals surface area contributed by atoms with Gasteiger partial charge in [-0.25, -0.2) is 0 Å². The molecule has 0 radical (unpaired) electrons. The summed E-state index contributed by atoms with van der Waals surface area (Å²) in [6.07, 6.45) is 3.82. The first-order valence-corrected chi connectivity index (χ1v) is 7.08. The summed E-state index contributed by atoms with van der Waals surface area (Å²) in [7, 11) is 1.42. The molecule has 1 fully saturated rings. The standard InChI is InChI=1S/C16H23NO2/c1-3-15(17)14(10-16(18)19-2)13-8-6-12(7-9-13)11-4-5-11/h6-9,11,14-15H,3-5,10,17H2,1-2H3. The molecule has 0 aliphatic heterocycles. The van der Waals surface area contributed by atoms with Gasteiger partial charge in [-0.05, 0) is 36.3 Å². The van der Waals surface area contributed by atoms with Gasteiger partial charge in [-0.1, -0.05) is 31.2 Å². The number of esters is 1. The molecule has 0 aromatic heterocycles. The molecule has 0 bridgehead atoms. The molecule has 1 aliphatic carbocycles. The first-order chi connectivity index (χ1) is 9.15. The number of rotatable bonds is 6. The van der Waals surface area contributed by atoms with Gasteiger partial charge in [0.15, 0.2) is 0 Å². The van der Waals surface area contributed by atoms with Crippen LogP contribution in [0, 0.1) is 0 Å². The van der Waals surface area contributed by atoms with Gasteiger partial charge in [-0.15, -0.1) is 0 Å². The van der Waals surface area contributed by atoms with Crippen molar-refractivity contribution in [3.8, 4) is 0 Å². The van der Waals surface area contributed by atoms with E-state index in [1.54, 1.807) is 0 Å². The largest absolute Gasteiger partial charge is 0.469 e. The molecule has 1 aromatic rings. The zero-order valence-electron chi connectivity index (χ0n) is 11.8. The highest BCUT2D eigenvalue weighted by molar-refractivity contribution is 5.70. The van der Waals surface area contributed by atoms with Crippen molar-refractivity contribution in [2.24, 2.45) is 5.73 Å². The van der Waals surface area contributed by atoms with Gasteiger partial charge in [0.2, 0.25) is 0 Å². The van der Waals surface area contributed by atoms with E-state index in [0.717, 1.165) is 17.9 Å². The molecule has 0 saturated heterocycles. The van der Waals surface area contributed by atoms with Gasteiger partial charge in [0, 0.05) is 12.0 Å². The minimum atomic E-state index is -0.194. The van der Waals surface area contributed by atoms with Crippen molar-refractivity contribution in [3.05, 3.63) is 35.4 Å². The highest BCUT2D eigenvalue weighted by atomic mass is 16.5. The molecule has 2 N–H and O–H groups in total. The molecule has 2 atom stereocenters. The van der Waals surface area contributed by atoms with Gasteiger partial charge >= 0.3 is 5.97 Å². The first kappa shape index (κ1) is 14.1. The Kier molecular flexibility index (Phi) is 4.59. The van der Waals surface area contributed by atoms with Crippen LogP contribution in [0.3, 0.4) is 0 Å². The number of carbonyl (C=O) groups excluding carboxylic acids is 1. The minimum absolute atomic E-state index is 0.00845. The van der Waals surface area contributed by atoms with Crippen LogP contribution in [0.4, 0.5) is 0 Å². The molecule has 1 aromatic carbocycles. The fourth-order valence-electron chi connectivity index (χ4n) is 2.50. The SMILES string of the molecule is CCC(N)C(CC(=O)OC)c1ccc(C2CC2)cc1. The monoisotopic (exact) mass is 261 g/mol. The predicted octanol–water partition coefficient (Wildman–Crippen LogP) is 2.95. The van der Waals surface area contributed by atoms with E-state index in [1.807, 2.05) is 6.92 Å². The van der Waals surface area contributed by atoms with Gasteiger partial charge in [0.25, 0.3) is 0 Å². The fourth-order valence-corrected chi connectivity index (χ4v) is 2.50. The lowest BCUT2D eigenvalue weighted by molar-refractivity contribution is -0.141. The van der Waals surface area contributed by atoms with Crippen molar-refractivity contribution < 1.29 is 9.53 Å². The number of nitrogens with two attached hydrogens (primary N) is 1. The topological polar surface area (TPSA) is 52.3 Å².